The molecule has 1 heterocycles. The number of allylic oxidation sites excluding steroid dienone is 1. The monoisotopic (exact) mass is 476 g/mol. The van der Waals surface area contributed by atoms with Gasteiger partial charge in [-0.15, -0.1) is 11.6 Å². The van der Waals surface area contributed by atoms with Crippen LogP contribution in [0, 0.1) is 0 Å². The standard InChI is InChI=1S/C26H50ClN2O.ClH/c1-2-3-4-5-6-7-8-9-10-11-12-13-14-15-16-19-26-28-21-23-29(26,24-25-30)22-18-17-20-27;/h16,19,30H,2-15,17-18,20-25H2,1H3;1H/q+1;/p-1/b19-16+;. The van der Waals surface area contributed by atoms with E-state index in [2.05, 4.69) is 19.1 Å². The lowest BCUT2D eigenvalue weighted by Crippen LogP contribution is -3.00. The lowest BCUT2D eigenvalue weighted by molar-refractivity contribution is -0.834. The summed E-state index contributed by atoms with van der Waals surface area (Å²) in [7, 11) is 0. The Morgan fingerprint density at radius 1 is 0.839 bits per heavy atom. The molecule has 0 saturated carbocycles. The number of nitrogens with zero attached hydrogens (tertiary/aromatic N) is 2. The molecule has 1 rings (SSSR count). The third-order valence-corrected chi connectivity index (χ3v) is 6.79. The molecule has 0 bridgehead atoms. The van der Waals surface area contributed by atoms with Crippen LogP contribution >= 0.6 is 11.6 Å². The van der Waals surface area contributed by atoms with Crippen molar-refractivity contribution in [1.82, 2.24) is 0 Å². The van der Waals surface area contributed by atoms with Crippen molar-refractivity contribution in [2.75, 3.05) is 38.7 Å². The number of unbranched alkanes of at least 4 members (excludes halogenated alkanes) is 14. The molecule has 1 unspecified atom stereocenters. The highest BCUT2D eigenvalue weighted by Crippen LogP contribution is 2.19. The highest BCUT2D eigenvalue weighted by molar-refractivity contribution is 6.17. The van der Waals surface area contributed by atoms with E-state index in [1.165, 1.54) is 89.3 Å². The first-order valence-corrected chi connectivity index (χ1v) is 13.6. The molecule has 0 radical (unpaired) electrons. The predicted molar refractivity (Wildman–Crippen MR) is 134 cm³/mol. The first kappa shape index (κ1) is 30.9. The summed E-state index contributed by atoms with van der Waals surface area (Å²) in [6.07, 6.45) is 26.1. The van der Waals surface area contributed by atoms with Crippen molar-refractivity contribution in [1.29, 1.82) is 0 Å². The molecule has 1 N–H and O–H groups in total. The van der Waals surface area contributed by atoms with Gasteiger partial charge in [0.25, 0.3) is 0 Å². The Bertz CT molecular complexity index is 457. The van der Waals surface area contributed by atoms with Crippen LogP contribution in [0.3, 0.4) is 0 Å². The van der Waals surface area contributed by atoms with Crippen LogP contribution in [0.25, 0.3) is 0 Å². The summed E-state index contributed by atoms with van der Waals surface area (Å²) in [5.41, 5.74) is 0. The van der Waals surface area contributed by atoms with Gasteiger partial charge in [-0.1, -0.05) is 90.0 Å². The van der Waals surface area contributed by atoms with Gasteiger partial charge in [-0.05, 0) is 25.7 Å². The van der Waals surface area contributed by atoms with E-state index >= 15 is 0 Å². The lowest BCUT2D eigenvalue weighted by atomic mass is 10.0. The molecule has 1 atom stereocenters. The Labute approximate surface area is 204 Å². The van der Waals surface area contributed by atoms with E-state index in [1.807, 2.05) is 0 Å². The molecule has 184 valence electrons. The number of aliphatic hydroxyl groups excluding tert-OH is 1. The SMILES string of the molecule is CCCCCCCCCCCCCCC/C=C/C1=NCC[N+]1(CCO)CCCCCl.[Cl-]. The minimum atomic E-state index is 0. The van der Waals surface area contributed by atoms with E-state index in [4.69, 9.17) is 16.6 Å². The maximum atomic E-state index is 9.55. The van der Waals surface area contributed by atoms with Crippen molar-refractivity contribution in [3.05, 3.63) is 12.2 Å². The smallest absolute Gasteiger partial charge is 0.222 e. The van der Waals surface area contributed by atoms with Gasteiger partial charge in [-0.3, -0.25) is 4.48 Å². The van der Waals surface area contributed by atoms with Gasteiger partial charge < -0.3 is 17.5 Å². The zero-order chi connectivity index (χ0) is 21.8. The summed E-state index contributed by atoms with van der Waals surface area (Å²) in [5.74, 6) is 1.90. The van der Waals surface area contributed by atoms with Crippen LogP contribution in [-0.4, -0.2) is 54.1 Å². The molecule has 3 nitrogen and oxygen atoms in total. The number of aliphatic hydroxyl groups is 1. The van der Waals surface area contributed by atoms with Crippen molar-refractivity contribution >= 4 is 17.4 Å². The van der Waals surface area contributed by atoms with Crippen LogP contribution < -0.4 is 12.4 Å². The van der Waals surface area contributed by atoms with Crippen molar-refractivity contribution in [2.45, 2.75) is 110 Å². The Kier molecular flexibility index (Phi) is 21.7. The highest BCUT2D eigenvalue weighted by atomic mass is 35.5. The highest BCUT2D eigenvalue weighted by Gasteiger charge is 2.35. The van der Waals surface area contributed by atoms with Gasteiger partial charge in [0.1, 0.15) is 13.1 Å². The van der Waals surface area contributed by atoms with Gasteiger partial charge in [-0.2, -0.15) is 0 Å². The molecule has 0 saturated heterocycles. The molecule has 1 aliphatic rings. The van der Waals surface area contributed by atoms with Crippen LogP contribution in [0.4, 0.5) is 0 Å². The number of halogens is 2. The van der Waals surface area contributed by atoms with E-state index < -0.39 is 0 Å². The topological polar surface area (TPSA) is 32.6 Å². The summed E-state index contributed by atoms with van der Waals surface area (Å²) in [5, 5.41) is 9.55. The predicted octanol–water partition coefficient (Wildman–Crippen LogP) is 4.27. The first-order chi connectivity index (χ1) is 14.8. The van der Waals surface area contributed by atoms with Crippen molar-refractivity contribution < 1.29 is 22.0 Å². The van der Waals surface area contributed by atoms with E-state index in [1.54, 1.807) is 0 Å². The fourth-order valence-electron chi connectivity index (χ4n) is 4.56. The van der Waals surface area contributed by atoms with Crippen molar-refractivity contribution in [3.8, 4) is 0 Å². The molecule has 0 aromatic rings. The van der Waals surface area contributed by atoms with Crippen LogP contribution in [-0.2, 0) is 0 Å². The molecular weight excluding hydrogens is 427 g/mol. The van der Waals surface area contributed by atoms with Crippen LogP contribution in [0.2, 0.25) is 0 Å². The molecular formula is C26H50Cl2N2O. The Morgan fingerprint density at radius 2 is 1.42 bits per heavy atom. The Morgan fingerprint density at radius 3 is 1.97 bits per heavy atom. The van der Waals surface area contributed by atoms with E-state index in [9.17, 15) is 5.11 Å². The normalized spacial score (nSPS) is 18.5. The Hall–Kier alpha value is -0.0900. The van der Waals surface area contributed by atoms with Gasteiger partial charge in [0.05, 0.1) is 19.7 Å². The van der Waals surface area contributed by atoms with Gasteiger partial charge >= 0.3 is 0 Å². The lowest BCUT2D eigenvalue weighted by Gasteiger charge is -2.33. The molecule has 0 aromatic heterocycles. The minimum Gasteiger partial charge on any atom is -1.00 e. The summed E-state index contributed by atoms with van der Waals surface area (Å²) >= 11 is 5.85. The number of quaternary nitrogens is 1. The second kappa shape index (κ2) is 21.7. The summed E-state index contributed by atoms with van der Waals surface area (Å²) < 4.78 is 0.850. The molecule has 0 spiro atoms. The van der Waals surface area contributed by atoms with Gasteiger partial charge in [0.15, 0.2) is 0 Å². The largest absolute Gasteiger partial charge is 1.00 e. The third kappa shape index (κ3) is 14.6. The molecule has 5 heteroatoms. The van der Waals surface area contributed by atoms with Crippen molar-refractivity contribution in [3.63, 3.8) is 0 Å². The van der Waals surface area contributed by atoms with Gasteiger partial charge in [-0.25, -0.2) is 4.99 Å². The second-order valence-corrected chi connectivity index (χ2v) is 9.49. The quantitative estimate of drug-likeness (QED) is 0.150. The maximum absolute atomic E-state index is 9.55. The molecule has 31 heavy (non-hydrogen) atoms. The van der Waals surface area contributed by atoms with E-state index in [-0.39, 0.29) is 19.0 Å². The number of hydrogen-bond acceptors (Lipinski definition) is 2. The molecule has 1 aliphatic heterocycles. The minimum absolute atomic E-state index is 0. The average molecular weight is 478 g/mol. The zero-order valence-corrected chi connectivity index (χ0v) is 21.8. The fourth-order valence-corrected chi connectivity index (χ4v) is 4.75. The number of rotatable bonds is 21. The summed E-state index contributed by atoms with van der Waals surface area (Å²) in [6.45, 7) is 6.27. The van der Waals surface area contributed by atoms with Crippen LogP contribution in [0.15, 0.2) is 17.1 Å². The summed E-state index contributed by atoms with van der Waals surface area (Å²) in [4.78, 5) is 4.75. The number of aliphatic imine (C=N–C) groups is 1. The van der Waals surface area contributed by atoms with Crippen LogP contribution in [0.5, 0.6) is 0 Å². The van der Waals surface area contributed by atoms with Gasteiger partial charge in [0.2, 0.25) is 5.84 Å². The molecule has 0 amide bonds. The number of alkyl halides is 1. The fraction of sp³-hybridized carbons (Fsp3) is 0.885. The maximum Gasteiger partial charge on any atom is 0.222 e. The summed E-state index contributed by atoms with van der Waals surface area (Å²) in [6, 6.07) is 0. The Balaban J connectivity index is 0.00000900. The second-order valence-electron chi connectivity index (χ2n) is 9.11. The van der Waals surface area contributed by atoms with E-state index in [0.717, 1.165) is 55.8 Å². The average Bonchev–Trinajstić information content (AvgIpc) is 3.13. The van der Waals surface area contributed by atoms with Gasteiger partial charge in [0, 0.05) is 12.0 Å². The zero-order valence-electron chi connectivity index (χ0n) is 20.3. The number of hydrogen-bond donors (Lipinski definition) is 1. The molecule has 0 fully saturated rings. The molecule has 0 aromatic carbocycles. The molecule has 0 aliphatic carbocycles. The van der Waals surface area contributed by atoms with E-state index in [0.29, 0.717) is 0 Å². The van der Waals surface area contributed by atoms with Crippen molar-refractivity contribution in [2.24, 2.45) is 4.99 Å². The van der Waals surface area contributed by atoms with Crippen LogP contribution in [0.1, 0.15) is 110 Å². The third-order valence-electron chi connectivity index (χ3n) is 6.53. The number of amidine groups is 1. The first-order valence-electron chi connectivity index (χ1n) is 13.0.